The number of nitrogen functional groups attached to an aromatic ring is 1. The van der Waals surface area contributed by atoms with Gasteiger partial charge in [-0.05, 0) is 32.4 Å². The standard InChI is InChI=1S/C11H16FNO/c1-4-11(2,3)14-9-7-5-6-8(12)10(9)13/h5-7H,4,13H2,1-3H3. The largest absolute Gasteiger partial charge is 0.486 e. The zero-order valence-corrected chi connectivity index (χ0v) is 8.80. The Labute approximate surface area is 83.9 Å². The van der Waals surface area contributed by atoms with E-state index in [-0.39, 0.29) is 11.3 Å². The van der Waals surface area contributed by atoms with E-state index in [2.05, 4.69) is 0 Å². The lowest BCUT2D eigenvalue weighted by molar-refractivity contribution is 0.106. The fourth-order valence-electron chi connectivity index (χ4n) is 0.976. The summed E-state index contributed by atoms with van der Waals surface area (Å²) in [7, 11) is 0. The molecule has 0 aliphatic carbocycles. The fraction of sp³-hybridized carbons (Fsp3) is 0.455. The minimum absolute atomic E-state index is 0.0778. The molecular formula is C11H16FNO. The fourth-order valence-corrected chi connectivity index (χ4v) is 0.976. The second-order valence-corrected chi connectivity index (χ2v) is 3.87. The Morgan fingerprint density at radius 1 is 1.43 bits per heavy atom. The molecule has 0 radical (unpaired) electrons. The van der Waals surface area contributed by atoms with Gasteiger partial charge >= 0.3 is 0 Å². The zero-order chi connectivity index (χ0) is 10.8. The summed E-state index contributed by atoms with van der Waals surface area (Å²) in [4.78, 5) is 0. The minimum atomic E-state index is -0.436. The van der Waals surface area contributed by atoms with Crippen LogP contribution in [0.15, 0.2) is 18.2 Å². The van der Waals surface area contributed by atoms with Gasteiger partial charge in [-0.25, -0.2) is 4.39 Å². The molecule has 0 saturated carbocycles. The Morgan fingerprint density at radius 2 is 2.07 bits per heavy atom. The van der Waals surface area contributed by atoms with Crippen LogP contribution in [0, 0.1) is 5.82 Å². The summed E-state index contributed by atoms with van der Waals surface area (Å²) in [5.41, 5.74) is 5.30. The molecule has 0 bridgehead atoms. The highest BCUT2D eigenvalue weighted by atomic mass is 19.1. The normalized spacial score (nSPS) is 11.4. The first kappa shape index (κ1) is 10.8. The molecule has 0 heterocycles. The summed E-state index contributed by atoms with van der Waals surface area (Å²) in [6.45, 7) is 5.89. The predicted molar refractivity (Wildman–Crippen MR) is 55.8 cm³/mol. The topological polar surface area (TPSA) is 35.2 Å². The molecule has 0 aromatic heterocycles. The molecule has 1 rings (SSSR count). The van der Waals surface area contributed by atoms with Crippen molar-refractivity contribution in [2.24, 2.45) is 0 Å². The molecule has 3 heteroatoms. The molecule has 2 N–H and O–H groups in total. The number of anilines is 1. The van der Waals surface area contributed by atoms with Crippen LogP contribution in [0.4, 0.5) is 10.1 Å². The van der Waals surface area contributed by atoms with Crippen LogP contribution in [-0.4, -0.2) is 5.60 Å². The van der Waals surface area contributed by atoms with Crippen molar-refractivity contribution in [1.29, 1.82) is 0 Å². The van der Waals surface area contributed by atoms with Crippen LogP contribution >= 0.6 is 0 Å². The number of ether oxygens (including phenoxy) is 1. The van der Waals surface area contributed by atoms with Crippen LogP contribution in [0.2, 0.25) is 0 Å². The smallest absolute Gasteiger partial charge is 0.149 e. The van der Waals surface area contributed by atoms with E-state index >= 15 is 0 Å². The van der Waals surface area contributed by atoms with Crippen molar-refractivity contribution < 1.29 is 9.13 Å². The maximum atomic E-state index is 13.1. The maximum Gasteiger partial charge on any atom is 0.149 e. The van der Waals surface area contributed by atoms with E-state index in [0.717, 1.165) is 6.42 Å². The molecular weight excluding hydrogens is 181 g/mol. The molecule has 0 fully saturated rings. The summed E-state index contributed by atoms with van der Waals surface area (Å²) in [5, 5.41) is 0. The lowest BCUT2D eigenvalue weighted by Gasteiger charge is -2.25. The average molecular weight is 197 g/mol. The quantitative estimate of drug-likeness (QED) is 0.756. The number of nitrogens with two attached hydrogens (primary N) is 1. The molecule has 0 aliphatic heterocycles. The summed E-state index contributed by atoms with van der Waals surface area (Å²) >= 11 is 0. The summed E-state index contributed by atoms with van der Waals surface area (Å²) in [5.74, 6) is -0.0220. The monoisotopic (exact) mass is 197 g/mol. The molecule has 14 heavy (non-hydrogen) atoms. The molecule has 78 valence electrons. The van der Waals surface area contributed by atoms with Gasteiger partial charge in [0.2, 0.25) is 0 Å². The first-order valence-electron chi connectivity index (χ1n) is 4.69. The SMILES string of the molecule is CCC(C)(C)Oc1cccc(F)c1N. The Morgan fingerprint density at radius 3 is 2.64 bits per heavy atom. The maximum absolute atomic E-state index is 13.1. The minimum Gasteiger partial charge on any atom is -0.486 e. The van der Waals surface area contributed by atoms with Crippen LogP contribution in [0.25, 0.3) is 0 Å². The van der Waals surface area contributed by atoms with Crippen LogP contribution < -0.4 is 10.5 Å². The first-order valence-corrected chi connectivity index (χ1v) is 4.69. The van der Waals surface area contributed by atoms with Crippen molar-refractivity contribution >= 4 is 5.69 Å². The highest BCUT2D eigenvalue weighted by Gasteiger charge is 2.18. The molecule has 1 aromatic rings. The highest BCUT2D eigenvalue weighted by molar-refractivity contribution is 5.53. The van der Waals surface area contributed by atoms with E-state index in [4.69, 9.17) is 10.5 Å². The number of halogens is 1. The molecule has 1 aromatic carbocycles. The van der Waals surface area contributed by atoms with Crippen molar-refractivity contribution in [1.82, 2.24) is 0 Å². The summed E-state index contributed by atoms with van der Waals surface area (Å²) in [6.07, 6.45) is 0.836. The molecule has 0 aliphatic rings. The zero-order valence-electron chi connectivity index (χ0n) is 8.80. The van der Waals surface area contributed by atoms with E-state index in [1.807, 2.05) is 20.8 Å². The van der Waals surface area contributed by atoms with Crippen molar-refractivity contribution in [2.45, 2.75) is 32.8 Å². The van der Waals surface area contributed by atoms with Crippen molar-refractivity contribution in [3.8, 4) is 5.75 Å². The Balaban J connectivity index is 2.92. The average Bonchev–Trinajstić information content (AvgIpc) is 2.13. The molecule has 0 spiro atoms. The number of hydrogen-bond donors (Lipinski definition) is 1. The van der Waals surface area contributed by atoms with Gasteiger partial charge in [-0.3, -0.25) is 0 Å². The third-order valence-electron chi connectivity index (χ3n) is 2.25. The first-order chi connectivity index (χ1) is 6.46. The van der Waals surface area contributed by atoms with Gasteiger partial charge in [-0.15, -0.1) is 0 Å². The van der Waals surface area contributed by atoms with Gasteiger partial charge in [0.05, 0.1) is 0 Å². The number of benzene rings is 1. The second-order valence-electron chi connectivity index (χ2n) is 3.87. The van der Waals surface area contributed by atoms with E-state index < -0.39 is 5.82 Å². The number of para-hydroxylation sites is 1. The second kappa shape index (κ2) is 3.86. The van der Waals surface area contributed by atoms with Crippen LogP contribution in [0.3, 0.4) is 0 Å². The highest BCUT2D eigenvalue weighted by Crippen LogP contribution is 2.28. The Hall–Kier alpha value is -1.25. The Bertz CT molecular complexity index is 323. The molecule has 0 amide bonds. The van der Waals surface area contributed by atoms with Gasteiger partial charge in [0.25, 0.3) is 0 Å². The van der Waals surface area contributed by atoms with E-state index in [1.165, 1.54) is 6.07 Å². The molecule has 2 nitrogen and oxygen atoms in total. The third kappa shape index (κ3) is 2.37. The summed E-state index contributed by atoms with van der Waals surface area (Å²) in [6, 6.07) is 4.59. The van der Waals surface area contributed by atoms with Gasteiger partial charge < -0.3 is 10.5 Å². The number of hydrogen-bond acceptors (Lipinski definition) is 2. The number of rotatable bonds is 3. The molecule has 0 unspecified atom stereocenters. The summed E-state index contributed by atoms with van der Waals surface area (Å²) < 4.78 is 18.7. The predicted octanol–water partition coefficient (Wildman–Crippen LogP) is 2.98. The van der Waals surface area contributed by atoms with Crippen molar-refractivity contribution in [2.75, 3.05) is 5.73 Å². The lowest BCUT2D eigenvalue weighted by atomic mass is 10.1. The lowest BCUT2D eigenvalue weighted by Crippen LogP contribution is -2.27. The van der Waals surface area contributed by atoms with E-state index in [1.54, 1.807) is 12.1 Å². The van der Waals surface area contributed by atoms with Gasteiger partial charge in [-0.2, -0.15) is 0 Å². The van der Waals surface area contributed by atoms with E-state index in [0.29, 0.717) is 5.75 Å². The van der Waals surface area contributed by atoms with Gasteiger partial charge in [-0.1, -0.05) is 13.0 Å². The van der Waals surface area contributed by atoms with Gasteiger partial charge in [0, 0.05) is 0 Å². The van der Waals surface area contributed by atoms with E-state index in [9.17, 15) is 4.39 Å². The van der Waals surface area contributed by atoms with Gasteiger partial charge in [0.15, 0.2) is 0 Å². The van der Waals surface area contributed by atoms with Crippen LogP contribution in [0.1, 0.15) is 27.2 Å². The van der Waals surface area contributed by atoms with Gasteiger partial charge in [0.1, 0.15) is 22.9 Å². The van der Waals surface area contributed by atoms with Crippen molar-refractivity contribution in [3.05, 3.63) is 24.0 Å². The Kier molecular flexibility index (Phi) is 2.99. The van der Waals surface area contributed by atoms with Crippen LogP contribution in [-0.2, 0) is 0 Å². The van der Waals surface area contributed by atoms with Crippen molar-refractivity contribution in [3.63, 3.8) is 0 Å². The third-order valence-corrected chi connectivity index (χ3v) is 2.25. The molecule has 0 saturated heterocycles. The van der Waals surface area contributed by atoms with Crippen LogP contribution in [0.5, 0.6) is 5.75 Å². The molecule has 0 atom stereocenters.